The second-order valence-corrected chi connectivity index (χ2v) is 7.96. The van der Waals surface area contributed by atoms with Gasteiger partial charge in [-0.05, 0) is 31.4 Å². The zero-order valence-electron chi connectivity index (χ0n) is 14.6. The van der Waals surface area contributed by atoms with E-state index in [9.17, 15) is 4.79 Å². The summed E-state index contributed by atoms with van der Waals surface area (Å²) in [6.07, 6.45) is 7.93. The van der Waals surface area contributed by atoms with E-state index in [-0.39, 0.29) is 11.3 Å². The van der Waals surface area contributed by atoms with Crippen LogP contribution in [0.4, 0.5) is 0 Å². The molecule has 1 aliphatic heterocycles. The minimum absolute atomic E-state index is 0.0371. The van der Waals surface area contributed by atoms with Crippen molar-refractivity contribution in [3.63, 3.8) is 0 Å². The summed E-state index contributed by atoms with van der Waals surface area (Å²) in [5.74, 6) is 1.24. The van der Waals surface area contributed by atoms with E-state index in [1.165, 1.54) is 10.5 Å². The Bertz CT molecular complexity index is 891. The van der Waals surface area contributed by atoms with Crippen LogP contribution in [0.5, 0.6) is 0 Å². The number of piperidine rings is 1. The molecule has 6 heteroatoms. The quantitative estimate of drug-likeness (QED) is 0.726. The summed E-state index contributed by atoms with van der Waals surface area (Å²) in [7, 11) is 0. The monoisotopic (exact) mass is 354 g/mol. The van der Waals surface area contributed by atoms with E-state index in [2.05, 4.69) is 34.8 Å². The molecule has 4 rings (SSSR count). The number of imidazole rings is 1. The van der Waals surface area contributed by atoms with Crippen molar-refractivity contribution in [2.24, 2.45) is 0 Å². The molecule has 0 N–H and O–H groups in total. The van der Waals surface area contributed by atoms with Crippen LogP contribution >= 0.6 is 11.3 Å². The van der Waals surface area contributed by atoms with E-state index in [0.29, 0.717) is 6.42 Å². The normalized spacial score (nSPS) is 17.1. The van der Waals surface area contributed by atoms with Crippen LogP contribution in [0, 0.1) is 6.92 Å². The number of hydrogen-bond donors (Lipinski definition) is 0. The van der Waals surface area contributed by atoms with Crippen LogP contribution < -0.4 is 0 Å². The average Bonchev–Trinajstić information content (AvgIpc) is 3.21. The SMILES string of the molecule is Cc1nc(C2(C)CCN(C(=O)Cc3cccnc3)CC2)c2sccn12. The number of amides is 1. The fourth-order valence-electron chi connectivity index (χ4n) is 3.64. The maximum absolute atomic E-state index is 12.6. The summed E-state index contributed by atoms with van der Waals surface area (Å²) in [5, 5.41) is 2.11. The van der Waals surface area contributed by atoms with Crippen LogP contribution in [-0.2, 0) is 16.6 Å². The van der Waals surface area contributed by atoms with Crippen LogP contribution in [-0.4, -0.2) is 38.3 Å². The molecule has 0 saturated carbocycles. The number of carbonyl (C=O) groups is 1. The summed E-state index contributed by atoms with van der Waals surface area (Å²) in [6, 6.07) is 3.84. The lowest BCUT2D eigenvalue weighted by atomic mass is 9.77. The van der Waals surface area contributed by atoms with Crippen LogP contribution in [0.25, 0.3) is 4.83 Å². The highest BCUT2D eigenvalue weighted by Gasteiger charge is 2.37. The number of carbonyl (C=O) groups excluding carboxylic acids is 1. The first kappa shape index (κ1) is 16.3. The summed E-state index contributed by atoms with van der Waals surface area (Å²) in [5.41, 5.74) is 2.21. The molecule has 0 spiro atoms. The van der Waals surface area contributed by atoms with E-state index in [4.69, 9.17) is 4.98 Å². The molecule has 0 aliphatic carbocycles. The van der Waals surface area contributed by atoms with Gasteiger partial charge in [-0.1, -0.05) is 13.0 Å². The first-order chi connectivity index (χ1) is 12.1. The van der Waals surface area contributed by atoms with Gasteiger partial charge in [-0.25, -0.2) is 4.98 Å². The number of hydrogen-bond acceptors (Lipinski definition) is 4. The van der Waals surface area contributed by atoms with Crippen LogP contribution in [0.15, 0.2) is 36.1 Å². The van der Waals surface area contributed by atoms with Gasteiger partial charge >= 0.3 is 0 Å². The lowest BCUT2D eigenvalue weighted by molar-refractivity contribution is -0.132. The Labute approximate surface area is 151 Å². The molecular formula is C19H22N4OS. The lowest BCUT2D eigenvalue weighted by Crippen LogP contribution is -2.44. The molecular weight excluding hydrogens is 332 g/mol. The van der Waals surface area contributed by atoms with Crippen molar-refractivity contribution in [1.29, 1.82) is 0 Å². The first-order valence-electron chi connectivity index (χ1n) is 8.66. The zero-order chi connectivity index (χ0) is 17.4. The molecule has 1 saturated heterocycles. The Balaban J connectivity index is 1.47. The summed E-state index contributed by atoms with van der Waals surface area (Å²) < 4.78 is 2.17. The molecule has 0 unspecified atom stereocenters. The molecule has 3 aromatic rings. The number of nitrogens with zero attached hydrogens (tertiary/aromatic N) is 4. The van der Waals surface area contributed by atoms with Gasteiger partial charge in [0.05, 0.1) is 12.1 Å². The van der Waals surface area contributed by atoms with Gasteiger partial charge in [-0.3, -0.25) is 14.2 Å². The molecule has 5 nitrogen and oxygen atoms in total. The predicted molar refractivity (Wildman–Crippen MR) is 98.9 cm³/mol. The van der Waals surface area contributed by atoms with Crippen LogP contribution in [0.3, 0.4) is 0 Å². The fraction of sp³-hybridized carbons (Fsp3) is 0.421. The Hall–Kier alpha value is -2.21. The average molecular weight is 354 g/mol. The maximum atomic E-state index is 12.6. The molecule has 1 fully saturated rings. The number of pyridine rings is 1. The van der Waals surface area contributed by atoms with Crippen molar-refractivity contribution < 1.29 is 4.79 Å². The second kappa shape index (κ2) is 6.26. The molecule has 25 heavy (non-hydrogen) atoms. The number of likely N-dealkylation sites (tertiary alicyclic amines) is 1. The largest absolute Gasteiger partial charge is 0.342 e. The molecule has 1 aliphatic rings. The molecule has 0 aromatic carbocycles. The van der Waals surface area contributed by atoms with Gasteiger partial charge in [-0.2, -0.15) is 0 Å². The minimum atomic E-state index is 0.0371. The molecule has 0 radical (unpaired) electrons. The van der Waals surface area contributed by atoms with Crippen molar-refractivity contribution in [3.8, 4) is 0 Å². The predicted octanol–water partition coefficient (Wildman–Crippen LogP) is 3.22. The van der Waals surface area contributed by atoms with Gasteiger partial charge in [0.25, 0.3) is 0 Å². The summed E-state index contributed by atoms with van der Waals surface area (Å²) in [4.78, 5) is 24.7. The van der Waals surface area contributed by atoms with Gasteiger partial charge in [-0.15, -0.1) is 11.3 Å². The van der Waals surface area contributed by atoms with Crippen molar-refractivity contribution in [3.05, 3.63) is 53.2 Å². The van der Waals surface area contributed by atoms with Crippen LogP contribution in [0.2, 0.25) is 0 Å². The number of rotatable bonds is 3. The fourth-order valence-corrected chi connectivity index (χ4v) is 4.66. The smallest absolute Gasteiger partial charge is 0.227 e. The second-order valence-electron chi connectivity index (χ2n) is 7.07. The number of aromatic nitrogens is 3. The maximum Gasteiger partial charge on any atom is 0.227 e. The van der Waals surface area contributed by atoms with Crippen molar-refractivity contribution in [2.75, 3.05) is 13.1 Å². The van der Waals surface area contributed by atoms with Gasteiger partial charge in [0.1, 0.15) is 10.7 Å². The van der Waals surface area contributed by atoms with Crippen molar-refractivity contribution in [1.82, 2.24) is 19.3 Å². The number of thiazole rings is 1. The molecule has 0 bridgehead atoms. The van der Waals surface area contributed by atoms with Crippen molar-refractivity contribution >= 4 is 22.1 Å². The summed E-state index contributed by atoms with van der Waals surface area (Å²) in [6.45, 7) is 5.93. The van der Waals surface area contributed by atoms with E-state index in [0.717, 1.165) is 37.3 Å². The highest BCUT2D eigenvalue weighted by Crippen LogP contribution is 2.38. The standard InChI is InChI=1S/C19H22N4OS/c1-14-21-17(18-23(14)10-11-25-18)19(2)5-8-22(9-6-19)16(24)12-15-4-3-7-20-13-15/h3-4,7,10-11,13H,5-6,8-9,12H2,1-2H3. The zero-order valence-corrected chi connectivity index (χ0v) is 15.4. The van der Waals surface area contributed by atoms with Crippen LogP contribution in [0.1, 0.15) is 36.8 Å². The first-order valence-corrected chi connectivity index (χ1v) is 9.54. The molecule has 4 heterocycles. The van der Waals surface area contributed by atoms with E-state index in [1.54, 1.807) is 23.7 Å². The molecule has 130 valence electrons. The molecule has 0 atom stereocenters. The highest BCUT2D eigenvalue weighted by atomic mass is 32.1. The van der Waals surface area contributed by atoms with Gasteiger partial charge in [0.2, 0.25) is 5.91 Å². The third-order valence-electron chi connectivity index (χ3n) is 5.30. The lowest BCUT2D eigenvalue weighted by Gasteiger charge is -2.38. The molecule has 1 amide bonds. The Morgan fingerprint density at radius 1 is 1.36 bits per heavy atom. The van der Waals surface area contributed by atoms with Gasteiger partial charge in [0.15, 0.2) is 0 Å². The van der Waals surface area contributed by atoms with Gasteiger partial charge < -0.3 is 4.90 Å². The van der Waals surface area contributed by atoms with Gasteiger partial charge in [0, 0.05) is 42.5 Å². The molecule has 3 aromatic heterocycles. The third-order valence-corrected chi connectivity index (χ3v) is 6.17. The highest BCUT2D eigenvalue weighted by molar-refractivity contribution is 7.15. The number of aryl methyl sites for hydroxylation is 1. The third kappa shape index (κ3) is 2.95. The Kier molecular flexibility index (Phi) is 4.07. The number of fused-ring (bicyclic) bond motifs is 1. The van der Waals surface area contributed by atoms with E-state index in [1.807, 2.05) is 17.0 Å². The Morgan fingerprint density at radius 3 is 2.88 bits per heavy atom. The van der Waals surface area contributed by atoms with E-state index >= 15 is 0 Å². The summed E-state index contributed by atoms with van der Waals surface area (Å²) >= 11 is 1.75. The van der Waals surface area contributed by atoms with Crippen molar-refractivity contribution in [2.45, 2.75) is 38.5 Å². The topological polar surface area (TPSA) is 50.5 Å². The minimum Gasteiger partial charge on any atom is -0.342 e. The Morgan fingerprint density at radius 2 is 2.16 bits per heavy atom. The van der Waals surface area contributed by atoms with E-state index < -0.39 is 0 Å².